The average molecular weight is 217 g/mol. The highest BCUT2D eigenvalue weighted by atomic mass is 16.3. The second-order valence-corrected chi connectivity index (χ2v) is 3.59. The zero-order chi connectivity index (χ0) is 11.2. The minimum Gasteiger partial charge on any atom is -0.444 e. The van der Waals surface area contributed by atoms with E-state index in [4.69, 9.17) is 4.42 Å². The van der Waals surface area contributed by atoms with E-state index in [2.05, 4.69) is 15.3 Å². The number of hydrogen-bond donors (Lipinski definition) is 1. The van der Waals surface area contributed by atoms with Crippen LogP contribution >= 0.6 is 0 Å². The van der Waals surface area contributed by atoms with E-state index in [1.54, 1.807) is 18.7 Å². The molecular weight excluding hydrogens is 202 g/mol. The smallest absolute Gasteiger partial charge is 0.226 e. The summed E-state index contributed by atoms with van der Waals surface area (Å²) in [6.45, 7) is 0.997. The van der Waals surface area contributed by atoms with Crippen LogP contribution in [0.5, 0.6) is 0 Å². The first-order chi connectivity index (χ1) is 7.90. The molecule has 4 nitrogen and oxygen atoms in total. The summed E-state index contributed by atoms with van der Waals surface area (Å²) >= 11 is 0. The summed E-state index contributed by atoms with van der Waals surface area (Å²) in [4.78, 5) is 8.39. The van der Waals surface area contributed by atoms with Gasteiger partial charge in [-0.25, -0.2) is 4.98 Å². The highest BCUT2D eigenvalue weighted by Gasteiger charge is 2.05. The molecule has 0 aromatic carbocycles. The minimum atomic E-state index is 0.668. The van der Waals surface area contributed by atoms with Crippen LogP contribution in [0.2, 0.25) is 0 Å². The van der Waals surface area contributed by atoms with Crippen molar-refractivity contribution >= 4 is 0 Å². The van der Waals surface area contributed by atoms with Gasteiger partial charge in [0.15, 0.2) is 0 Å². The molecule has 0 amide bonds. The third-order valence-electron chi connectivity index (χ3n) is 2.34. The van der Waals surface area contributed by atoms with Gasteiger partial charge in [-0.2, -0.15) is 0 Å². The summed E-state index contributed by atoms with van der Waals surface area (Å²) in [6.07, 6.45) is 7.21. The van der Waals surface area contributed by atoms with E-state index >= 15 is 0 Å². The second-order valence-electron chi connectivity index (χ2n) is 3.59. The summed E-state index contributed by atoms with van der Waals surface area (Å²) in [7, 11) is 1.95. The first kappa shape index (κ1) is 10.8. The summed E-state index contributed by atoms with van der Waals surface area (Å²) in [5.41, 5.74) is 1.97. The van der Waals surface area contributed by atoms with Crippen molar-refractivity contribution in [3.05, 3.63) is 36.5 Å². The van der Waals surface area contributed by atoms with Gasteiger partial charge in [0.25, 0.3) is 0 Å². The highest BCUT2D eigenvalue weighted by molar-refractivity contribution is 5.51. The number of hydrogen-bond acceptors (Lipinski definition) is 4. The lowest BCUT2D eigenvalue weighted by molar-refractivity contribution is 0.571. The molecule has 0 saturated heterocycles. The second kappa shape index (κ2) is 5.42. The lowest BCUT2D eigenvalue weighted by Crippen LogP contribution is -2.08. The van der Waals surface area contributed by atoms with Crippen LogP contribution in [0.15, 0.2) is 35.2 Å². The molecule has 2 aromatic rings. The largest absolute Gasteiger partial charge is 0.444 e. The van der Waals surface area contributed by atoms with Gasteiger partial charge in [-0.1, -0.05) is 0 Å². The van der Waals surface area contributed by atoms with Gasteiger partial charge < -0.3 is 9.73 Å². The van der Waals surface area contributed by atoms with Gasteiger partial charge >= 0.3 is 0 Å². The first-order valence-electron chi connectivity index (χ1n) is 5.39. The predicted molar refractivity (Wildman–Crippen MR) is 62.0 cm³/mol. The number of aryl methyl sites for hydroxylation is 1. The Labute approximate surface area is 94.7 Å². The zero-order valence-corrected chi connectivity index (χ0v) is 9.31. The monoisotopic (exact) mass is 217 g/mol. The van der Waals surface area contributed by atoms with E-state index in [1.807, 2.05) is 19.2 Å². The predicted octanol–water partition coefficient (Wildman–Crippen LogP) is 1.89. The molecule has 4 heteroatoms. The van der Waals surface area contributed by atoms with Gasteiger partial charge in [0.05, 0.1) is 5.69 Å². The summed E-state index contributed by atoms with van der Waals surface area (Å²) in [6, 6.07) is 3.78. The minimum absolute atomic E-state index is 0.668. The Balaban J connectivity index is 2.02. The molecule has 16 heavy (non-hydrogen) atoms. The Morgan fingerprint density at radius 2 is 2.12 bits per heavy atom. The normalized spacial score (nSPS) is 10.6. The molecule has 0 bridgehead atoms. The molecule has 0 atom stereocenters. The van der Waals surface area contributed by atoms with Crippen LogP contribution in [-0.4, -0.2) is 23.6 Å². The highest BCUT2D eigenvalue weighted by Crippen LogP contribution is 2.17. The molecule has 1 N–H and O–H groups in total. The van der Waals surface area contributed by atoms with Gasteiger partial charge in [-0.05, 0) is 38.6 Å². The van der Waals surface area contributed by atoms with Crippen molar-refractivity contribution in [2.45, 2.75) is 12.8 Å². The molecule has 0 radical (unpaired) electrons. The van der Waals surface area contributed by atoms with Crippen LogP contribution in [-0.2, 0) is 6.42 Å². The molecule has 0 saturated carbocycles. The fourth-order valence-corrected chi connectivity index (χ4v) is 1.50. The SMILES string of the molecule is CNCCCc1coc(-c2ccncc2)n1. The van der Waals surface area contributed by atoms with Crippen LogP contribution in [0, 0.1) is 0 Å². The standard InChI is InChI=1S/C12H15N3O/c1-13-6-2-3-11-9-16-12(15-11)10-4-7-14-8-5-10/h4-5,7-9,13H,2-3,6H2,1H3. The number of nitrogens with one attached hydrogen (secondary N) is 1. The van der Waals surface area contributed by atoms with Gasteiger partial charge in [0.2, 0.25) is 5.89 Å². The van der Waals surface area contributed by atoms with Crippen LogP contribution in [0.3, 0.4) is 0 Å². The van der Waals surface area contributed by atoms with Crippen molar-refractivity contribution in [2.75, 3.05) is 13.6 Å². The maximum atomic E-state index is 5.42. The first-order valence-corrected chi connectivity index (χ1v) is 5.39. The third kappa shape index (κ3) is 2.67. The molecule has 2 rings (SSSR count). The maximum absolute atomic E-state index is 5.42. The molecule has 0 aliphatic carbocycles. The lowest BCUT2D eigenvalue weighted by Gasteiger charge is -1.95. The topological polar surface area (TPSA) is 51.0 Å². The van der Waals surface area contributed by atoms with Gasteiger partial charge in [0, 0.05) is 18.0 Å². The van der Waals surface area contributed by atoms with E-state index in [0.717, 1.165) is 30.6 Å². The van der Waals surface area contributed by atoms with E-state index in [1.165, 1.54) is 0 Å². The van der Waals surface area contributed by atoms with Gasteiger partial charge in [-0.3, -0.25) is 4.98 Å². The molecule has 2 heterocycles. The fraction of sp³-hybridized carbons (Fsp3) is 0.333. The quantitative estimate of drug-likeness (QED) is 0.777. The van der Waals surface area contributed by atoms with E-state index in [-0.39, 0.29) is 0 Å². The molecule has 2 aromatic heterocycles. The fourth-order valence-electron chi connectivity index (χ4n) is 1.50. The van der Waals surface area contributed by atoms with Crippen molar-refractivity contribution in [1.29, 1.82) is 0 Å². The Bertz CT molecular complexity index is 425. The molecular formula is C12H15N3O. The molecule has 84 valence electrons. The van der Waals surface area contributed by atoms with E-state index < -0.39 is 0 Å². The summed E-state index contributed by atoms with van der Waals surface area (Å²) in [5, 5.41) is 3.11. The van der Waals surface area contributed by atoms with Crippen molar-refractivity contribution in [2.24, 2.45) is 0 Å². The van der Waals surface area contributed by atoms with Crippen LogP contribution in [0.4, 0.5) is 0 Å². The molecule has 0 aliphatic heterocycles. The Kier molecular flexibility index (Phi) is 3.66. The maximum Gasteiger partial charge on any atom is 0.226 e. The molecule has 0 unspecified atom stereocenters. The molecule has 0 aliphatic rings. The van der Waals surface area contributed by atoms with Gasteiger partial charge in [-0.15, -0.1) is 0 Å². The zero-order valence-electron chi connectivity index (χ0n) is 9.31. The van der Waals surface area contributed by atoms with Crippen LogP contribution < -0.4 is 5.32 Å². The van der Waals surface area contributed by atoms with Crippen molar-refractivity contribution < 1.29 is 4.42 Å². The Morgan fingerprint density at radius 3 is 2.88 bits per heavy atom. The molecule has 0 fully saturated rings. The summed E-state index contributed by atoms with van der Waals surface area (Å²) in [5.74, 6) is 0.668. The average Bonchev–Trinajstić information content (AvgIpc) is 2.79. The Morgan fingerprint density at radius 1 is 1.31 bits per heavy atom. The summed E-state index contributed by atoms with van der Waals surface area (Å²) < 4.78 is 5.42. The number of rotatable bonds is 5. The number of aromatic nitrogens is 2. The van der Waals surface area contributed by atoms with Gasteiger partial charge in [0.1, 0.15) is 6.26 Å². The van der Waals surface area contributed by atoms with Crippen molar-refractivity contribution in [1.82, 2.24) is 15.3 Å². The van der Waals surface area contributed by atoms with Crippen LogP contribution in [0.1, 0.15) is 12.1 Å². The van der Waals surface area contributed by atoms with Crippen molar-refractivity contribution in [3.63, 3.8) is 0 Å². The van der Waals surface area contributed by atoms with E-state index in [0.29, 0.717) is 5.89 Å². The lowest BCUT2D eigenvalue weighted by atomic mass is 10.2. The third-order valence-corrected chi connectivity index (χ3v) is 2.34. The number of pyridine rings is 1. The van der Waals surface area contributed by atoms with E-state index in [9.17, 15) is 0 Å². The Hall–Kier alpha value is -1.68. The number of nitrogens with zero attached hydrogens (tertiary/aromatic N) is 2. The molecule has 0 spiro atoms. The van der Waals surface area contributed by atoms with Crippen LogP contribution in [0.25, 0.3) is 11.5 Å². The number of oxazole rings is 1. The van der Waals surface area contributed by atoms with Crippen molar-refractivity contribution in [3.8, 4) is 11.5 Å².